The van der Waals surface area contributed by atoms with Gasteiger partial charge in [-0.1, -0.05) is 17.7 Å². The number of anilines is 1. The van der Waals surface area contributed by atoms with Crippen LogP contribution in [0.25, 0.3) is 0 Å². The number of hydrogen-bond acceptors (Lipinski definition) is 2. The van der Waals surface area contributed by atoms with Crippen molar-refractivity contribution in [3.63, 3.8) is 0 Å². The maximum atomic E-state index is 12.2. The highest BCUT2D eigenvalue weighted by Crippen LogP contribution is 2.19. The molecule has 0 aliphatic carbocycles. The zero-order valence-corrected chi connectivity index (χ0v) is 11.9. The zero-order valence-electron chi connectivity index (χ0n) is 11.2. The lowest BCUT2D eigenvalue weighted by molar-refractivity contribution is 0.177. The largest absolute Gasteiger partial charge is 0.324 e. The molecule has 1 saturated heterocycles. The summed E-state index contributed by atoms with van der Waals surface area (Å²) in [6.07, 6.45) is 2.25. The lowest BCUT2D eigenvalue weighted by Crippen LogP contribution is -2.44. The average Bonchev–Trinajstić information content (AvgIpc) is 2.39. The van der Waals surface area contributed by atoms with Crippen LogP contribution in [0, 0.1) is 5.92 Å². The number of benzene rings is 1. The molecule has 1 aromatic carbocycles. The van der Waals surface area contributed by atoms with Crippen molar-refractivity contribution in [3.05, 3.63) is 29.3 Å². The molecule has 1 heterocycles. The molecule has 4 nitrogen and oxygen atoms in total. The second-order valence-electron chi connectivity index (χ2n) is 4.95. The molecule has 1 unspecified atom stereocenters. The van der Waals surface area contributed by atoms with Gasteiger partial charge in [-0.3, -0.25) is 0 Å². The van der Waals surface area contributed by atoms with E-state index in [0.29, 0.717) is 10.9 Å². The zero-order chi connectivity index (χ0) is 13.7. The fourth-order valence-electron chi connectivity index (χ4n) is 2.47. The molecule has 0 radical (unpaired) electrons. The fraction of sp³-hybridized carbons (Fsp3) is 0.500. The van der Waals surface area contributed by atoms with E-state index in [4.69, 9.17) is 11.6 Å². The first-order valence-electron chi connectivity index (χ1n) is 6.65. The Labute approximate surface area is 119 Å². The van der Waals surface area contributed by atoms with Gasteiger partial charge in [0, 0.05) is 23.8 Å². The first-order chi connectivity index (χ1) is 9.19. The van der Waals surface area contributed by atoms with Crippen LogP contribution in [0.4, 0.5) is 10.5 Å². The van der Waals surface area contributed by atoms with Crippen LogP contribution in [-0.4, -0.2) is 37.6 Å². The third kappa shape index (κ3) is 4.11. The number of likely N-dealkylation sites (tertiary alicyclic amines) is 1. The standard InChI is InChI=1S/C14H20ClN3O/c1-16-9-11-4-3-7-18(10-11)14(19)17-13-6-2-5-12(15)8-13/h2,5-6,8,11,16H,3-4,7,9-10H2,1H3,(H,17,19). The molecule has 104 valence electrons. The Morgan fingerprint density at radius 1 is 1.53 bits per heavy atom. The number of hydrogen-bond donors (Lipinski definition) is 2. The Kier molecular flexibility index (Phi) is 5.05. The number of urea groups is 1. The molecule has 1 aliphatic rings. The Bertz CT molecular complexity index is 436. The minimum atomic E-state index is -0.0388. The second kappa shape index (κ2) is 6.78. The number of amides is 2. The molecule has 2 N–H and O–H groups in total. The van der Waals surface area contributed by atoms with E-state index < -0.39 is 0 Å². The highest BCUT2D eigenvalue weighted by Gasteiger charge is 2.23. The van der Waals surface area contributed by atoms with Crippen LogP contribution in [0.5, 0.6) is 0 Å². The van der Waals surface area contributed by atoms with E-state index in [9.17, 15) is 4.79 Å². The first kappa shape index (κ1) is 14.2. The van der Waals surface area contributed by atoms with Crippen molar-refractivity contribution in [3.8, 4) is 0 Å². The second-order valence-corrected chi connectivity index (χ2v) is 5.39. The van der Waals surface area contributed by atoms with Gasteiger partial charge in [0.25, 0.3) is 0 Å². The van der Waals surface area contributed by atoms with Crippen molar-refractivity contribution in [2.45, 2.75) is 12.8 Å². The lowest BCUT2D eigenvalue weighted by Gasteiger charge is -2.32. The summed E-state index contributed by atoms with van der Waals surface area (Å²) in [5, 5.41) is 6.70. The van der Waals surface area contributed by atoms with Crippen LogP contribution >= 0.6 is 11.6 Å². The van der Waals surface area contributed by atoms with E-state index in [-0.39, 0.29) is 6.03 Å². The molecule has 0 saturated carbocycles. The van der Waals surface area contributed by atoms with Crippen LogP contribution in [0.1, 0.15) is 12.8 Å². The van der Waals surface area contributed by atoms with Gasteiger partial charge < -0.3 is 15.5 Å². The molecule has 0 spiro atoms. The van der Waals surface area contributed by atoms with Gasteiger partial charge in [-0.05, 0) is 50.6 Å². The average molecular weight is 282 g/mol. The number of nitrogens with zero attached hydrogens (tertiary/aromatic N) is 1. The molecular formula is C14H20ClN3O. The number of rotatable bonds is 3. The number of halogens is 1. The molecule has 1 fully saturated rings. The summed E-state index contributed by atoms with van der Waals surface area (Å²) in [6.45, 7) is 2.60. The number of carbonyl (C=O) groups excluding carboxylic acids is 1. The van der Waals surface area contributed by atoms with Crippen LogP contribution in [0.15, 0.2) is 24.3 Å². The van der Waals surface area contributed by atoms with Crippen molar-refractivity contribution < 1.29 is 4.79 Å². The third-order valence-electron chi connectivity index (χ3n) is 3.37. The molecule has 2 rings (SSSR count). The minimum Gasteiger partial charge on any atom is -0.324 e. The molecule has 1 aromatic rings. The quantitative estimate of drug-likeness (QED) is 0.895. The summed E-state index contributed by atoms with van der Waals surface area (Å²) in [4.78, 5) is 14.1. The molecule has 0 bridgehead atoms. The maximum Gasteiger partial charge on any atom is 0.321 e. The van der Waals surface area contributed by atoms with Gasteiger partial charge in [0.2, 0.25) is 0 Å². The topological polar surface area (TPSA) is 44.4 Å². The summed E-state index contributed by atoms with van der Waals surface area (Å²) in [7, 11) is 1.95. The molecule has 1 atom stereocenters. The van der Waals surface area contributed by atoms with Crippen molar-refractivity contribution in [1.29, 1.82) is 0 Å². The Balaban J connectivity index is 1.92. The molecular weight excluding hydrogens is 262 g/mol. The van der Waals surface area contributed by atoms with Gasteiger partial charge in [-0.2, -0.15) is 0 Å². The number of piperidine rings is 1. The van der Waals surface area contributed by atoms with E-state index in [0.717, 1.165) is 31.7 Å². The van der Waals surface area contributed by atoms with E-state index >= 15 is 0 Å². The number of carbonyl (C=O) groups is 1. The summed E-state index contributed by atoms with van der Waals surface area (Å²) in [6, 6.07) is 7.19. The highest BCUT2D eigenvalue weighted by molar-refractivity contribution is 6.30. The van der Waals surface area contributed by atoms with Gasteiger partial charge in [0.15, 0.2) is 0 Å². The summed E-state index contributed by atoms with van der Waals surface area (Å²) < 4.78 is 0. The molecule has 2 amide bonds. The van der Waals surface area contributed by atoms with Crippen LogP contribution in [-0.2, 0) is 0 Å². The van der Waals surface area contributed by atoms with Crippen molar-refractivity contribution in [1.82, 2.24) is 10.2 Å². The molecule has 5 heteroatoms. The Morgan fingerprint density at radius 2 is 2.37 bits per heavy atom. The number of nitrogens with one attached hydrogen (secondary N) is 2. The fourth-order valence-corrected chi connectivity index (χ4v) is 2.66. The Hall–Kier alpha value is -1.26. The van der Waals surface area contributed by atoms with E-state index in [2.05, 4.69) is 10.6 Å². The molecule has 0 aromatic heterocycles. The van der Waals surface area contributed by atoms with Crippen molar-refractivity contribution in [2.75, 3.05) is 32.0 Å². The van der Waals surface area contributed by atoms with Crippen molar-refractivity contribution >= 4 is 23.3 Å². The third-order valence-corrected chi connectivity index (χ3v) is 3.61. The van der Waals surface area contributed by atoms with Crippen LogP contribution < -0.4 is 10.6 Å². The normalized spacial score (nSPS) is 19.3. The Morgan fingerprint density at radius 3 is 3.11 bits per heavy atom. The summed E-state index contributed by atoms with van der Waals surface area (Å²) >= 11 is 5.91. The van der Waals surface area contributed by atoms with Gasteiger partial charge in [-0.25, -0.2) is 4.79 Å². The minimum absolute atomic E-state index is 0.0388. The lowest BCUT2D eigenvalue weighted by atomic mass is 9.98. The summed E-state index contributed by atoms with van der Waals surface area (Å²) in [5.41, 5.74) is 0.744. The van der Waals surface area contributed by atoms with Crippen LogP contribution in [0.3, 0.4) is 0 Å². The van der Waals surface area contributed by atoms with Crippen molar-refractivity contribution in [2.24, 2.45) is 5.92 Å². The van der Waals surface area contributed by atoms with Gasteiger partial charge in [0.05, 0.1) is 0 Å². The monoisotopic (exact) mass is 281 g/mol. The van der Waals surface area contributed by atoms with Crippen LogP contribution in [0.2, 0.25) is 5.02 Å². The van der Waals surface area contributed by atoms with Gasteiger partial charge in [-0.15, -0.1) is 0 Å². The van der Waals surface area contributed by atoms with E-state index in [1.165, 1.54) is 6.42 Å². The smallest absolute Gasteiger partial charge is 0.321 e. The molecule has 1 aliphatic heterocycles. The maximum absolute atomic E-state index is 12.2. The van der Waals surface area contributed by atoms with Gasteiger partial charge in [0.1, 0.15) is 0 Å². The SMILES string of the molecule is CNCC1CCCN(C(=O)Nc2cccc(Cl)c2)C1. The van der Waals surface area contributed by atoms with Gasteiger partial charge >= 0.3 is 6.03 Å². The summed E-state index contributed by atoms with van der Waals surface area (Å²) in [5.74, 6) is 0.545. The molecule has 19 heavy (non-hydrogen) atoms. The predicted octanol–water partition coefficient (Wildman–Crippen LogP) is 2.80. The predicted molar refractivity (Wildman–Crippen MR) is 78.7 cm³/mol. The highest BCUT2D eigenvalue weighted by atomic mass is 35.5. The first-order valence-corrected chi connectivity index (χ1v) is 7.03. The van der Waals surface area contributed by atoms with E-state index in [1.54, 1.807) is 12.1 Å². The van der Waals surface area contributed by atoms with E-state index in [1.807, 2.05) is 24.1 Å².